The predicted molar refractivity (Wildman–Crippen MR) is 148 cm³/mol. The van der Waals surface area contributed by atoms with E-state index in [0.29, 0.717) is 6.42 Å². The first-order valence-electron chi connectivity index (χ1n) is 12.6. The van der Waals surface area contributed by atoms with Crippen molar-refractivity contribution in [2.24, 2.45) is 5.92 Å². The Hall–Kier alpha value is -3.42. The number of carboxylic acid groups (broad SMARTS) is 1. The lowest BCUT2D eigenvalue weighted by atomic mass is 9.81. The number of halogens is 2. The van der Waals surface area contributed by atoms with Crippen molar-refractivity contribution in [1.29, 1.82) is 0 Å². The van der Waals surface area contributed by atoms with Crippen LogP contribution in [0.1, 0.15) is 47.2 Å². The number of rotatable bonds is 10. The highest BCUT2D eigenvalue weighted by molar-refractivity contribution is 6.39. The lowest BCUT2D eigenvalue weighted by molar-refractivity contribution is -0.139. The summed E-state index contributed by atoms with van der Waals surface area (Å²) in [7, 11) is 0. The van der Waals surface area contributed by atoms with Gasteiger partial charge in [0.1, 0.15) is 17.6 Å². The number of benzene rings is 2. The highest BCUT2D eigenvalue weighted by atomic mass is 35.5. The van der Waals surface area contributed by atoms with Crippen molar-refractivity contribution >= 4 is 46.7 Å². The molecule has 198 valence electrons. The van der Waals surface area contributed by atoms with Crippen LogP contribution in [0.4, 0.5) is 5.82 Å². The zero-order chi connectivity index (χ0) is 27.1. The van der Waals surface area contributed by atoms with Crippen LogP contribution in [0.25, 0.3) is 0 Å². The molecular weight excluding hydrogens is 525 g/mol. The first kappa shape index (κ1) is 27.6. The number of aliphatic carboxylic acids is 1. The molecule has 3 aromatic rings. The van der Waals surface area contributed by atoms with Crippen LogP contribution in [-0.2, 0) is 22.4 Å². The second kappa shape index (κ2) is 12.9. The van der Waals surface area contributed by atoms with Gasteiger partial charge in [0.05, 0.1) is 15.6 Å². The van der Waals surface area contributed by atoms with Gasteiger partial charge in [-0.2, -0.15) is 0 Å². The summed E-state index contributed by atoms with van der Waals surface area (Å²) in [4.78, 5) is 41.8. The Kier molecular flexibility index (Phi) is 9.37. The van der Waals surface area contributed by atoms with Crippen LogP contribution in [0, 0.1) is 5.92 Å². The molecule has 1 aliphatic rings. The predicted octanol–water partition coefficient (Wildman–Crippen LogP) is 5.60. The zero-order valence-electron chi connectivity index (χ0n) is 20.7. The van der Waals surface area contributed by atoms with Crippen molar-refractivity contribution in [1.82, 2.24) is 10.3 Å². The molecule has 38 heavy (non-hydrogen) atoms. The van der Waals surface area contributed by atoms with Gasteiger partial charge in [-0.05, 0) is 54.7 Å². The molecule has 2 aromatic carbocycles. The fourth-order valence-electron chi connectivity index (χ4n) is 4.79. The maximum absolute atomic E-state index is 13.0. The number of anilines is 1. The monoisotopic (exact) mass is 553 g/mol. The molecule has 4 rings (SSSR count). The first-order chi connectivity index (χ1) is 18.3. The van der Waals surface area contributed by atoms with Gasteiger partial charge in [0.25, 0.3) is 5.91 Å². The van der Waals surface area contributed by atoms with E-state index in [2.05, 4.69) is 15.6 Å². The number of carbonyl (C=O) groups excluding carboxylic acids is 2. The third kappa shape index (κ3) is 7.33. The normalized spacial score (nSPS) is 17.8. The number of ketones is 1. The van der Waals surface area contributed by atoms with E-state index in [0.717, 1.165) is 42.6 Å². The van der Waals surface area contributed by atoms with Crippen LogP contribution in [0.15, 0.2) is 66.9 Å². The molecule has 1 heterocycles. The van der Waals surface area contributed by atoms with Gasteiger partial charge >= 0.3 is 5.97 Å². The van der Waals surface area contributed by atoms with Crippen molar-refractivity contribution in [3.05, 3.63) is 93.6 Å². The van der Waals surface area contributed by atoms with E-state index in [1.54, 1.807) is 24.4 Å². The van der Waals surface area contributed by atoms with Gasteiger partial charge in [0.15, 0.2) is 0 Å². The second-order valence-electron chi connectivity index (χ2n) is 9.54. The summed E-state index contributed by atoms with van der Waals surface area (Å²) in [6.45, 7) is 0. The van der Waals surface area contributed by atoms with E-state index in [-0.39, 0.29) is 39.8 Å². The lowest BCUT2D eigenvalue weighted by Gasteiger charge is -2.29. The number of carbonyl (C=O) groups is 3. The average Bonchev–Trinajstić information content (AvgIpc) is 2.90. The number of aromatic nitrogens is 1. The lowest BCUT2D eigenvalue weighted by Crippen LogP contribution is -2.42. The highest BCUT2D eigenvalue weighted by Gasteiger charge is 2.28. The number of nitrogens with zero attached hydrogens (tertiary/aromatic N) is 1. The van der Waals surface area contributed by atoms with Gasteiger partial charge in [-0.25, -0.2) is 9.78 Å². The second-order valence-corrected chi connectivity index (χ2v) is 10.4. The maximum atomic E-state index is 13.0. The largest absolute Gasteiger partial charge is 0.480 e. The standard InChI is InChI=1S/C29H29Cl2N3O4/c30-22-7-4-8-23(31)27(22)28(36)34-24(29(37)38)15-18-10-12-19(13-11-18)16-25(35)20-5-3-6-21(17-20)33-26-9-1-2-14-32-26/h1-2,4,7-14,20-21,24H,3,5-6,15-17H2,(H,32,33)(H,34,36)(H,37,38)/t20-,21-,24-/m0/s1. The Labute approximate surface area is 231 Å². The van der Waals surface area contributed by atoms with Crippen molar-refractivity contribution in [2.45, 2.75) is 50.6 Å². The van der Waals surface area contributed by atoms with E-state index >= 15 is 0 Å². The Morgan fingerprint density at radius 2 is 1.66 bits per heavy atom. The summed E-state index contributed by atoms with van der Waals surface area (Å²) in [5.41, 5.74) is 1.63. The summed E-state index contributed by atoms with van der Waals surface area (Å²) >= 11 is 12.2. The van der Waals surface area contributed by atoms with Crippen LogP contribution in [0.2, 0.25) is 10.0 Å². The van der Waals surface area contributed by atoms with Crippen LogP contribution >= 0.6 is 23.2 Å². The molecule has 0 spiro atoms. The number of carboxylic acids is 1. The van der Waals surface area contributed by atoms with E-state index < -0.39 is 17.9 Å². The van der Waals surface area contributed by atoms with E-state index in [1.165, 1.54) is 12.1 Å². The molecule has 0 bridgehead atoms. The molecule has 0 saturated heterocycles. The molecule has 0 aliphatic heterocycles. The Morgan fingerprint density at radius 3 is 2.32 bits per heavy atom. The van der Waals surface area contributed by atoms with Crippen molar-refractivity contribution in [3.63, 3.8) is 0 Å². The first-order valence-corrected chi connectivity index (χ1v) is 13.3. The molecule has 9 heteroatoms. The van der Waals surface area contributed by atoms with Gasteiger partial charge in [-0.15, -0.1) is 0 Å². The minimum atomic E-state index is -1.17. The minimum absolute atomic E-state index is 0.00660. The van der Waals surface area contributed by atoms with Gasteiger partial charge in [0.2, 0.25) is 0 Å². The molecule has 7 nitrogen and oxygen atoms in total. The Balaban J connectivity index is 1.33. The Bertz CT molecular complexity index is 1260. The smallest absolute Gasteiger partial charge is 0.326 e. The third-order valence-electron chi connectivity index (χ3n) is 6.78. The SMILES string of the molecule is O=C(N[C@@H](Cc1ccc(CC(=O)[C@H]2CCC[C@H](Nc3ccccn3)C2)cc1)C(=O)O)c1c(Cl)cccc1Cl. The van der Waals surface area contributed by atoms with E-state index in [9.17, 15) is 19.5 Å². The summed E-state index contributed by atoms with van der Waals surface area (Å²) in [6, 6.07) is 16.7. The molecule has 1 aromatic heterocycles. The van der Waals surface area contributed by atoms with E-state index in [4.69, 9.17) is 23.2 Å². The van der Waals surface area contributed by atoms with E-state index in [1.807, 2.05) is 30.3 Å². The molecule has 1 fully saturated rings. The van der Waals surface area contributed by atoms with Gasteiger partial charge in [0, 0.05) is 31.0 Å². The molecule has 3 N–H and O–H groups in total. The van der Waals surface area contributed by atoms with Gasteiger partial charge in [-0.3, -0.25) is 9.59 Å². The molecule has 0 radical (unpaired) electrons. The minimum Gasteiger partial charge on any atom is -0.480 e. The fraction of sp³-hybridized carbons (Fsp3) is 0.310. The number of hydrogen-bond donors (Lipinski definition) is 3. The highest BCUT2D eigenvalue weighted by Crippen LogP contribution is 2.28. The summed E-state index contributed by atoms with van der Waals surface area (Å²) in [5, 5.41) is 15.9. The van der Waals surface area contributed by atoms with Crippen LogP contribution in [0.3, 0.4) is 0 Å². The molecular formula is C29H29Cl2N3O4. The Morgan fingerprint density at radius 1 is 0.947 bits per heavy atom. The molecule has 1 aliphatic carbocycles. The molecule has 1 saturated carbocycles. The zero-order valence-corrected chi connectivity index (χ0v) is 22.2. The topological polar surface area (TPSA) is 108 Å². The number of Topliss-reactive ketones (excluding diaryl/α,β-unsaturated/α-hetero) is 1. The quantitative estimate of drug-likeness (QED) is 0.301. The van der Waals surface area contributed by atoms with Gasteiger partial charge < -0.3 is 15.7 Å². The fourth-order valence-corrected chi connectivity index (χ4v) is 5.36. The van der Waals surface area contributed by atoms with Crippen molar-refractivity contribution in [3.8, 4) is 0 Å². The molecule has 1 amide bonds. The van der Waals surface area contributed by atoms with Crippen molar-refractivity contribution in [2.75, 3.05) is 5.32 Å². The number of hydrogen-bond acceptors (Lipinski definition) is 5. The van der Waals surface area contributed by atoms with Gasteiger partial charge in [-0.1, -0.05) is 66.0 Å². The summed E-state index contributed by atoms with van der Waals surface area (Å²) < 4.78 is 0. The number of nitrogens with one attached hydrogen (secondary N) is 2. The summed E-state index contributed by atoms with van der Waals surface area (Å²) in [5.74, 6) is -0.803. The van der Waals surface area contributed by atoms with Crippen LogP contribution < -0.4 is 10.6 Å². The van der Waals surface area contributed by atoms with Crippen LogP contribution in [0.5, 0.6) is 0 Å². The van der Waals surface area contributed by atoms with Crippen LogP contribution in [-0.4, -0.2) is 39.8 Å². The number of amides is 1. The molecule has 0 unspecified atom stereocenters. The third-order valence-corrected chi connectivity index (χ3v) is 7.41. The average molecular weight is 554 g/mol. The number of pyridine rings is 1. The molecule has 3 atom stereocenters. The van der Waals surface area contributed by atoms with Crippen molar-refractivity contribution < 1.29 is 19.5 Å². The maximum Gasteiger partial charge on any atom is 0.326 e. The summed E-state index contributed by atoms with van der Waals surface area (Å²) in [6.07, 6.45) is 5.81.